The minimum absolute atomic E-state index is 0.0102. The highest BCUT2D eigenvalue weighted by Crippen LogP contribution is 2.13. The Morgan fingerprint density at radius 1 is 1.47 bits per heavy atom. The summed E-state index contributed by atoms with van der Waals surface area (Å²) in [5.74, 6) is -0.0102. The predicted molar refractivity (Wildman–Crippen MR) is 73.9 cm³/mol. The summed E-state index contributed by atoms with van der Waals surface area (Å²) < 4.78 is 2.53. The van der Waals surface area contributed by atoms with Crippen molar-refractivity contribution in [2.45, 2.75) is 18.9 Å². The molecule has 17 heavy (non-hydrogen) atoms. The van der Waals surface area contributed by atoms with E-state index in [4.69, 9.17) is 0 Å². The average molecular weight is 348 g/mol. The average Bonchev–Trinajstić information content (AvgIpc) is 2.62. The van der Waals surface area contributed by atoms with Crippen molar-refractivity contribution in [2.24, 2.45) is 7.05 Å². The molecule has 0 spiro atoms. The van der Waals surface area contributed by atoms with E-state index in [1.165, 1.54) is 0 Å². The molecule has 0 atom stereocenters. The number of aryl methyl sites for hydroxylation is 1. The third-order valence-electron chi connectivity index (χ3n) is 3.16. The number of hydrogen-bond donors (Lipinski definition) is 1. The van der Waals surface area contributed by atoms with E-state index in [1.54, 1.807) is 17.9 Å². The molecule has 1 amide bonds. The second-order valence-corrected chi connectivity index (χ2v) is 5.68. The molecular formula is C11H17IN4O. The fourth-order valence-electron chi connectivity index (χ4n) is 2.07. The molecule has 6 heteroatoms. The largest absolute Gasteiger partial charge is 0.348 e. The Balaban J connectivity index is 1.98. The van der Waals surface area contributed by atoms with Gasteiger partial charge in [0.15, 0.2) is 0 Å². The zero-order valence-corrected chi connectivity index (χ0v) is 12.3. The topological polar surface area (TPSA) is 50.2 Å². The van der Waals surface area contributed by atoms with Gasteiger partial charge in [-0.05, 0) is 55.6 Å². The smallest absolute Gasteiger partial charge is 0.270 e. The predicted octanol–water partition coefficient (Wildman–Crippen LogP) is 0.849. The van der Waals surface area contributed by atoms with Crippen molar-refractivity contribution in [1.29, 1.82) is 0 Å². The molecule has 1 aliphatic heterocycles. The third kappa shape index (κ3) is 2.98. The van der Waals surface area contributed by atoms with Crippen LogP contribution in [0.25, 0.3) is 0 Å². The van der Waals surface area contributed by atoms with E-state index in [2.05, 4.69) is 45.0 Å². The van der Waals surface area contributed by atoms with E-state index in [0.717, 1.165) is 29.5 Å². The first-order chi connectivity index (χ1) is 8.08. The summed E-state index contributed by atoms with van der Waals surface area (Å²) in [6, 6.07) is 0.296. The zero-order valence-electron chi connectivity index (χ0n) is 10.1. The van der Waals surface area contributed by atoms with Crippen LogP contribution >= 0.6 is 22.6 Å². The first-order valence-corrected chi connectivity index (χ1v) is 6.82. The van der Waals surface area contributed by atoms with Gasteiger partial charge < -0.3 is 10.2 Å². The maximum atomic E-state index is 12.1. The van der Waals surface area contributed by atoms with Crippen LogP contribution in [0.15, 0.2) is 6.20 Å². The number of nitrogens with zero attached hydrogens (tertiary/aromatic N) is 3. The first-order valence-electron chi connectivity index (χ1n) is 5.75. The van der Waals surface area contributed by atoms with Crippen LogP contribution < -0.4 is 5.32 Å². The van der Waals surface area contributed by atoms with Crippen molar-refractivity contribution < 1.29 is 4.79 Å². The van der Waals surface area contributed by atoms with Gasteiger partial charge in [0.1, 0.15) is 5.69 Å². The molecule has 5 nitrogen and oxygen atoms in total. The SMILES string of the molecule is CN1CCC(NC(=O)c2c(I)cnn2C)CC1. The zero-order chi connectivity index (χ0) is 12.4. The highest BCUT2D eigenvalue weighted by molar-refractivity contribution is 14.1. The molecule has 0 unspecified atom stereocenters. The van der Waals surface area contributed by atoms with Crippen LogP contribution in [0.1, 0.15) is 23.3 Å². The molecule has 1 fully saturated rings. The number of amides is 1. The van der Waals surface area contributed by atoms with Crippen LogP contribution in [0.5, 0.6) is 0 Å². The second kappa shape index (κ2) is 5.34. The quantitative estimate of drug-likeness (QED) is 0.807. The lowest BCUT2D eigenvalue weighted by Crippen LogP contribution is -2.43. The van der Waals surface area contributed by atoms with E-state index >= 15 is 0 Å². The number of rotatable bonds is 2. The summed E-state index contributed by atoms with van der Waals surface area (Å²) in [5, 5.41) is 7.17. The van der Waals surface area contributed by atoms with Gasteiger partial charge in [-0.3, -0.25) is 9.48 Å². The number of halogens is 1. The van der Waals surface area contributed by atoms with E-state index in [0.29, 0.717) is 11.7 Å². The lowest BCUT2D eigenvalue weighted by Gasteiger charge is -2.29. The van der Waals surface area contributed by atoms with Crippen LogP contribution in [0.2, 0.25) is 0 Å². The van der Waals surface area contributed by atoms with Crippen molar-refractivity contribution >= 4 is 28.5 Å². The molecule has 2 rings (SSSR count). The number of hydrogen-bond acceptors (Lipinski definition) is 3. The van der Waals surface area contributed by atoms with Gasteiger partial charge in [-0.15, -0.1) is 0 Å². The highest BCUT2D eigenvalue weighted by Gasteiger charge is 2.21. The Labute approximate surface area is 115 Å². The van der Waals surface area contributed by atoms with Crippen LogP contribution in [0.3, 0.4) is 0 Å². The number of carbonyl (C=O) groups excluding carboxylic acids is 1. The van der Waals surface area contributed by atoms with Gasteiger partial charge in [0.25, 0.3) is 5.91 Å². The van der Waals surface area contributed by atoms with Gasteiger partial charge in [-0.1, -0.05) is 0 Å². The summed E-state index contributed by atoms with van der Waals surface area (Å²) in [6.07, 6.45) is 3.76. The second-order valence-electron chi connectivity index (χ2n) is 4.52. The van der Waals surface area contributed by atoms with Gasteiger partial charge in [-0.25, -0.2) is 0 Å². The van der Waals surface area contributed by atoms with Crippen molar-refractivity contribution in [2.75, 3.05) is 20.1 Å². The van der Waals surface area contributed by atoms with Crippen molar-refractivity contribution in [1.82, 2.24) is 20.0 Å². The highest BCUT2D eigenvalue weighted by atomic mass is 127. The van der Waals surface area contributed by atoms with Crippen molar-refractivity contribution in [3.05, 3.63) is 15.5 Å². The van der Waals surface area contributed by atoms with E-state index in [-0.39, 0.29) is 5.91 Å². The van der Waals surface area contributed by atoms with Crippen LogP contribution in [0.4, 0.5) is 0 Å². The van der Waals surface area contributed by atoms with Crippen LogP contribution in [0, 0.1) is 3.57 Å². The van der Waals surface area contributed by atoms with Crippen LogP contribution in [-0.2, 0) is 7.05 Å². The summed E-state index contributed by atoms with van der Waals surface area (Å²) in [5.41, 5.74) is 0.657. The minimum atomic E-state index is -0.0102. The number of piperidine rings is 1. The third-order valence-corrected chi connectivity index (χ3v) is 3.95. The molecule has 1 aromatic rings. The molecule has 1 aliphatic rings. The van der Waals surface area contributed by atoms with Gasteiger partial charge in [-0.2, -0.15) is 5.10 Å². The number of nitrogens with one attached hydrogen (secondary N) is 1. The molecule has 2 heterocycles. The summed E-state index contributed by atoms with van der Waals surface area (Å²) >= 11 is 2.14. The number of carbonyl (C=O) groups is 1. The molecule has 94 valence electrons. The normalized spacial score (nSPS) is 18.3. The van der Waals surface area contributed by atoms with Crippen LogP contribution in [-0.4, -0.2) is 46.8 Å². The molecule has 0 radical (unpaired) electrons. The standard InChI is InChI=1S/C11H17IN4O/c1-15-5-3-8(4-6-15)14-11(17)10-9(12)7-13-16(10)2/h7-8H,3-6H2,1-2H3,(H,14,17). The molecule has 1 saturated heterocycles. The van der Waals surface area contributed by atoms with E-state index in [1.807, 2.05) is 0 Å². The fraction of sp³-hybridized carbons (Fsp3) is 0.636. The molecule has 1 N–H and O–H groups in total. The van der Waals surface area contributed by atoms with Gasteiger partial charge >= 0.3 is 0 Å². The Bertz CT molecular complexity index is 390. The minimum Gasteiger partial charge on any atom is -0.348 e. The fourth-order valence-corrected chi connectivity index (χ4v) is 2.79. The van der Waals surface area contributed by atoms with Crippen molar-refractivity contribution in [3.8, 4) is 0 Å². The Morgan fingerprint density at radius 2 is 2.12 bits per heavy atom. The maximum Gasteiger partial charge on any atom is 0.270 e. The molecule has 1 aromatic heterocycles. The Kier molecular flexibility index (Phi) is 4.03. The summed E-state index contributed by atoms with van der Waals surface area (Å²) in [4.78, 5) is 14.4. The summed E-state index contributed by atoms with van der Waals surface area (Å²) in [7, 11) is 3.91. The van der Waals surface area contributed by atoms with E-state index < -0.39 is 0 Å². The summed E-state index contributed by atoms with van der Waals surface area (Å²) in [6.45, 7) is 2.10. The molecule has 0 bridgehead atoms. The lowest BCUT2D eigenvalue weighted by atomic mass is 10.1. The van der Waals surface area contributed by atoms with Gasteiger partial charge in [0, 0.05) is 13.1 Å². The molecule has 0 aromatic carbocycles. The molecule has 0 aliphatic carbocycles. The lowest BCUT2D eigenvalue weighted by molar-refractivity contribution is 0.0906. The van der Waals surface area contributed by atoms with Gasteiger partial charge in [0.05, 0.1) is 9.77 Å². The van der Waals surface area contributed by atoms with Crippen molar-refractivity contribution in [3.63, 3.8) is 0 Å². The molecular weight excluding hydrogens is 331 g/mol. The molecule has 0 saturated carbocycles. The first kappa shape index (κ1) is 12.8. The maximum absolute atomic E-state index is 12.1. The Hall–Kier alpha value is -0.630. The van der Waals surface area contributed by atoms with Gasteiger partial charge in [0.2, 0.25) is 0 Å². The van der Waals surface area contributed by atoms with E-state index in [9.17, 15) is 4.79 Å². The number of likely N-dealkylation sites (tertiary alicyclic amines) is 1. The monoisotopic (exact) mass is 348 g/mol. The number of aromatic nitrogens is 2. The Morgan fingerprint density at radius 3 is 2.65 bits per heavy atom.